The molecule has 0 bridgehead atoms. The molecule has 2 aromatic carbocycles. The van der Waals surface area contributed by atoms with Gasteiger partial charge in [-0.3, -0.25) is 0 Å². The second-order valence-corrected chi connectivity index (χ2v) is 8.29. The van der Waals surface area contributed by atoms with Crippen molar-refractivity contribution in [1.82, 2.24) is 4.90 Å². The van der Waals surface area contributed by atoms with Gasteiger partial charge in [-0.25, -0.2) is 0 Å². The molecule has 0 saturated heterocycles. The Morgan fingerprint density at radius 3 is 2.19 bits per heavy atom. The molecule has 3 rings (SSSR count). The Hall–Kier alpha value is -1.38. The first-order valence-corrected chi connectivity index (χ1v) is 11.2. The fourth-order valence-electron chi connectivity index (χ4n) is 4.63. The van der Waals surface area contributed by atoms with Gasteiger partial charge < -0.3 is 10.0 Å². The van der Waals surface area contributed by atoms with E-state index >= 15 is 0 Å². The van der Waals surface area contributed by atoms with Gasteiger partial charge in [-0.1, -0.05) is 75.9 Å². The molecule has 0 amide bonds. The highest BCUT2D eigenvalue weighted by Gasteiger charge is 2.22. The molecule has 2 nitrogen and oxygen atoms in total. The van der Waals surface area contributed by atoms with Crippen molar-refractivity contribution in [2.75, 3.05) is 19.6 Å². The van der Waals surface area contributed by atoms with Crippen molar-refractivity contribution in [2.45, 2.75) is 77.2 Å². The van der Waals surface area contributed by atoms with Crippen LogP contribution in [0.5, 0.6) is 0 Å². The molecule has 2 aromatic rings. The molecule has 0 aromatic heterocycles. The fraction of sp³-hybridized carbons (Fsp3) is 0.600. The molecule has 1 atom stereocenters. The molecular formula is C25H37NO. The largest absolute Gasteiger partial charge is 0.387 e. The first kappa shape index (κ1) is 20.4. The van der Waals surface area contributed by atoms with Crippen molar-refractivity contribution in [2.24, 2.45) is 0 Å². The summed E-state index contributed by atoms with van der Waals surface area (Å²) in [5.41, 5.74) is 2.60. The van der Waals surface area contributed by atoms with Crippen LogP contribution in [0.4, 0.5) is 0 Å². The molecule has 1 fully saturated rings. The number of nitrogens with zero attached hydrogens (tertiary/aromatic N) is 1. The maximum atomic E-state index is 11.1. The highest BCUT2D eigenvalue weighted by molar-refractivity contribution is 5.89. The van der Waals surface area contributed by atoms with E-state index in [4.69, 9.17) is 0 Å². The summed E-state index contributed by atoms with van der Waals surface area (Å²) >= 11 is 0. The lowest BCUT2D eigenvalue weighted by molar-refractivity contribution is 0.112. The average Bonchev–Trinajstić information content (AvgIpc) is 3.23. The van der Waals surface area contributed by atoms with Gasteiger partial charge in [0.15, 0.2) is 0 Å². The molecule has 0 heterocycles. The molecule has 148 valence electrons. The molecule has 1 saturated carbocycles. The molecule has 1 aliphatic rings. The van der Waals surface area contributed by atoms with Crippen molar-refractivity contribution >= 4 is 10.8 Å². The van der Waals surface area contributed by atoms with Gasteiger partial charge in [0.2, 0.25) is 0 Å². The third kappa shape index (κ3) is 5.12. The van der Waals surface area contributed by atoms with E-state index in [2.05, 4.69) is 55.1 Å². The smallest absolute Gasteiger partial charge is 0.0922 e. The molecular weight excluding hydrogens is 330 g/mol. The lowest BCUT2D eigenvalue weighted by Gasteiger charge is -2.26. The van der Waals surface area contributed by atoms with Crippen LogP contribution in [0.2, 0.25) is 0 Å². The lowest BCUT2D eigenvalue weighted by Crippen LogP contribution is -2.30. The Labute approximate surface area is 165 Å². The van der Waals surface area contributed by atoms with Crippen LogP contribution in [0.25, 0.3) is 10.8 Å². The van der Waals surface area contributed by atoms with Gasteiger partial charge in [-0.05, 0) is 66.6 Å². The van der Waals surface area contributed by atoms with E-state index in [0.29, 0.717) is 5.92 Å². The van der Waals surface area contributed by atoms with Crippen LogP contribution >= 0.6 is 0 Å². The highest BCUT2D eigenvalue weighted by atomic mass is 16.3. The number of fused-ring (bicyclic) bond motifs is 1. The Morgan fingerprint density at radius 2 is 1.56 bits per heavy atom. The summed E-state index contributed by atoms with van der Waals surface area (Å²) < 4.78 is 0. The fourth-order valence-corrected chi connectivity index (χ4v) is 4.63. The number of benzene rings is 2. The summed E-state index contributed by atoms with van der Waals surface area (Å²) in [6.07, 6.45) is 9.74. The topological polar surface area (TPSA) is 23.5 Å². The lowest BCUT2D eigenvalue weighted by atomic mass is 9.89. The van der Waals surface area contributed by atoms with E-state index in [1.54, 1.807) is 0 Å². The summed E-state index contributed by atoms with van der Waals surface area (Å²) in [4.78, 5) is 2.46. The van der Waals surface area contributed by atoms with Crippen molar-refractivity contribution in [1.29, 1.82) is 0 Å². The van der Waals surface area contributed by atoms with Gasteiger partial charge in [0.05, 0.1) is 6.10 Å². The van der Waals surface area contributed by atoms with Crippen molar-refractivity contribution < 1.29 is 5.11 Å². The maximum Gasteiger partial charge on any atom is 0.0922 e. The number of rotatable bonds is 10. The van der Waals surface area contributed by atoms with Gasteiger partial charge in [0, 0.05) is 6.54 Å². The predicted molar refractivity (Wildman–Crippen MR) is 116 cm³/mol. The van der Waals surface area contributed by atoms with Gasteiger partial charge >= 0.3 is 0 Å². The Kier molecular flexibility index (Phi) is 7.72. The zero-order valence-corrected chi connectivity index (χ0v) is 17.3. The number of aliphatic hydroxyl groups is 1. The van der Waals surface area contributed by atoms with E-state index in [0.717, 1.165) is 25.2 Å². The molecule has 1 N–H and O–H groups in total. The number of aliphatic hydroxyl groups excluding tert-OH is 1. The first-order chi connectivity index (χ1) is 13.2. The first-order valence-electron chi connectivity index (χ1n) is 11.2. The van der Waals surface area contributed by atoms with Gasteiger partial charge in [-0.15, -0.1) is 0 Å². The van der Waals surface area contributed by atoms with E-state index in [1.165, 1.54) is 67.7 Å². The van der Waals surface area contributed by atoms with Gasteiger partial charge in [-0.2, -0.15) is 0 Å². The van der Waals surface area contributed by atoms with Crippen LogP contribution < -0.4 is 0 Å². The number of hydrogen-bond donors (Lipinski definition) is 1. The summed E-state index contributed by atoms with van der Waals surface area (Å²) in [5.74, 6) is 0.701. The van der Waals surface area contributed by atoms with E-state index in [1.807, 2.05) is 0 Å². The van der Waals surface area contributed by atoms with E-state index < -0.39 is 6.10 Å². The third-order valence-electron chi connectivity index (χ3n) is 6.23. The SMILES string of the molecule is CCCCN(CCCC)CC(O)c1ccc(C2CCCC2)c2ccccc12. The monoisotopic (exact) mass is 367 g/mol. The zero-order valence-electron chi connectivity index (χ0n) is 17.3. The summed E-state index contributed by atoms with van der Waals surface area (Å²) in [5, 5.41) is 13.7. The number of hydrogen-bond acceptors (Lipinski definition) is 2. The maximum absolute atomic E-state index is 11.1. The zero-order chi connectivity index (χ0) is 19.1. The van der Waals surface area contributed by atoms with Crippen LogP contribution in [0.3, 0.4) is 0 Å². The van der Waals surface area contributed by atoms with Crippen LogP contribution in [0.1, 0.15) is 88.4 Å². The van der Waals surface area contributed by atoms with Gasteiger partial charge in [0.25, 0.3) is 0 Å². The van der Waals surface area contributed by atoms with Crippen molar-refractivity contribution in [3.8, 4) is 0 Å². The third-order valence-corrected chi connectivity index (χ3v) is 6.23. The standard InChI is InChI=1S/C25H37NO/c1-3-5-17-26(18-6-4-2)19-25(27)24-16-15-21(20-11-7-8-12-20)22-13-9-10-14-23(22)24/h9-10,13-16,20,25,27H,3-8,11-12,17-19H2,1-2H3. The normalized spacial score (nSPS) is 16.4. The Morgan fingerprint density at radius 1 is 0.926 bits per heavy atom. The van der Waals surface area contributed by atoms with Crippen LogP contribution in [-0.2, 0) is 0 Å². The van der Waals surface area contributed by atoms with Crippen molar-refractivity contribution in [3.63, 3.8) is 0 Å². The van der Waals surface area contributed by atoms with E-state index in [9.17, 15) is 5.11 Å². The minimum absolute atomic E-state index is 0.416. The summed E-state index contributed by atoms with van der Waals surface area (Å²) in [7, 11) is 0. The summed E-state index contributed by atoms with van der Waals surface area (Å²) in [6.45, 7) is 7.40. The van der Waals surface area contributed by atoms with Crippen LogP contribution in [-0.4, -0.2) is 29.6 Å². The molecule has 0 radical (unpaired) electrons. The Balaban J connectivity index is 1.83. The molecule has 27 heavy (non-hydrogen) atoms. The molecule has 2 heteroatoms. The minimum atomic E-state index is -0.416. The molecule has 1 aliphatic carbocycles. The molecule has 0 aliphatic heterocycles. The van der Waals surface area contributed by atoms with Crippen LogP contribution in [0, 0.1) is 0 Å². The van der Waals surface area contributed by atoms with Gasteiger partial charge in [0.1, 0.15) is 0 Å². The highest BCUT2D eigenvalue weighted by Crippen LogP contribution is 2.39. The van der Waals surface area contributed by atoms with Crippen molar-refractivity contribution in [3.05, 3.63) is 47.5 Å². The molecule has 0 spiro atoms. The second kappa shape index (κ2) is 10.2. The quantitative estimate of drug-likeness (QED) is 0.523. The van der Waals surface area contributed by atoms with Crippen LogP contribution in [0.15, 0.2) is 36.4 Å². The number of unbranched alkanes of at least 4 members (excludes halogenated alkanes) is 2. The second-order valence-electron chi connectivity index (χ2n) is 8.29. The molecule has 1 unspecified atom stereocenters. The predicted octanol–water partition coefficient (Wildman–Crippen LogP) is 6.43. The minimum Gasteiger partial charge on any atom is -0.387 e. The Bertz CT molecular complexity index is 697. The van der Waals surface area contributed by atoms with E-state index in [-0.39, 0.29) is 0 Å². The average molecular weight is 368 g/mol. The summed E-state index contributed by atoms with van der Waals surface area (Å²) in [6, 6.07) is 13.2.